The molecule has 0 radical (unpaired) electrons. The summed E-state index contributed by atoms with van der Waals surface area (Å²) >= 11 is 0. The first kappa shape index (κ1) is 22.0. The molecule has 0 aliphatic heterocycles. The van der Waals surface area contributed by atoms with Crippen LogP contribution in [0.3, 0.4) is 0 Å². The van der Waals surface area contributed by atoms with E-state index < -0.39 is 6.04 Å². The van der Waals surface area contributed by atoms with Gasteiger partial charge in [0.05, 0.1) is 0 Å². The van der Waals surface area contributed by atoms with Crippen LogP contribution in [0.4, 0.5) is 5.69 Å². The van der Waals surface area contributed by atoms with Crippen LogP contribution in [-0.4, -0.2) is 57.8 Å². The van der Waals surface area contributed by atoms with Crippen molar-refractivity contribution in [3.63, 3.8) is 0 Å². The maximum atomic E-state index is 11.9. The molecule has 0 saturated carbocycles. The highest BCUT2D eigenvalue weighted by Crippen LogP contribution is 2.08. The van der Waals surface area contributed by atoms with E-state index in [4.69, 9.17) is 0 Å². The van der Waals surface area contributed by atoms with Crippen molar-refractivity contribution in [2.24, 2.45) is 0 Å². The molecule has 1 aromatic carbocycles. The van der Waals surface area contributed by atoms with E-state index in [1.165, 1.54) is 14.0 Å². The van der Waals surface area contributed by atoms with E-state index in [1.807, 2.05) is 0 Å². The number of hydrogen-bond acceptors (Lipinski definition) is 5. The molecule has 0 saturated heterocycles. The molecular weight excluding hydrogens is 349 g/mol. The van der Waals surface area contributed by atoms with Crippen molar-refractivity contribution in [1.29, 1.82) is 0 Å². The Hall–Kier alpha value is -3.04. The third-order valence-corrected chi connectivity index (χ3v) is 3.75. The van der Waals surface area contributed by atoms with E-state index in [0.29, 0.717) is 18.7 Å². The van der Waals surface area contributed by atoms with Gasteiger partial charge in [-0.2, -0.15) is 0 Å². The van der Waals surface area contributed by atoms with Crippen LogP contribution in [-0.2, 0) is 14.4 Å². The number of hydrogen-bond donors (Lipinski definition) is 5. The van der Waals surface area contributed by atoms with Gasteiger partial charge in [-0.25, -0.2) is 0 Å². The molecule has 1 atom stereocenters. The lowest BCUT2D eigenvalue weighted by atomic mass is 10.1. The molecule has 0 unspecified atom stereocenters. The van der Waals surface area contributed by atoms with Gasteiger partial charge in [-0.1, -0.05) is 0 Å². The first-order chi connectivity index (χ1) is 12.9. The zero-order chi connectivity index (χ0) is 20.2. The number of likely N-dealkylation sites (N-methyl/N-ethyl adjacent to an activating group) is 1. The normalized spacial score (nSPS) is 11.0. The fraction of sp³-hybridized carbons (Fsp3) is 0.412. The van der Waals surface area contributed by atoms with Gasteiger partial charge in [-0.3, -0.25) is 19.2 Å². The second-order valence-corrected chi connectivity index (χ2v) is 5.84. The largest absolute Gasteiger partial charge is 0.402 e. The van der Waals surface area contributed by atoms with Gasteiger partial charge in [0.25, 0.3) is 0 Å². The smallest absolute Gasteiger partial charge is 0.242 e. The molecule has 0 bridgehead atoms. The summed E-state index contributed by atoms with van der Waals surface area (Å²) in [7, 11) is 3.05. The number of benzene rings is 1. The van der Waals surface area contributed by atoms with Crippen molar-refractivity contribution in [3.05, 3.63) is 29.8 Å². The van der Waals surface area contributed by atoms with E-state index in [9.17, 15) is 19.2 Å². The molecule has 146 valence electrons. The molecule has 0 aliphatic carbocycles. The molecule has 27 heavy (non-hydrogen) atoms. The topological polar surface area (TPSA) is 128 Å². The van der Waals surface area contributed by atoms with Gasteiger partial charge in [0.1, 0.15) is 6.04 Å². The van der Waals surface area contributed by atoms with Gasteiger partial charge in [0.2, 0.25) is 31.6 Å². The Morgan fingerprint density at radius 1 is 1.07 bits per heavy atom. The van der Waals surface area contributed by atoms with Crippen molar-refractivity contribution in [1.82, 2.24) is 21.2 Å². The summed E-state index contributed by atoms with van der Waals surface area (Å²) in [6.45, 7) is 2.24. The molecule has 9 nitrogen and oxygen atoms in total. The van der Waals surface area contributed by atoms with Crippen molar-refractivity contribution in [2.75, 3.05) is 25.5 Å². The lowest BCUT2D eigenvalue weighted by molar-refractivity contribution is -0.128. The molecule has 1 rings (SSSR count). The van der Waals surface area contributed by atoms with E-state index >= 15 is 0 Å². The van der Waals surface area contributed by atoms with Crippen LogP contribution in [0.5, 0.6) is 0 Å². The quantitative estimate of drug-likeness (QED) is 0.252. The summed E-state index contributed by atoms with van der Waals surface area (Å²) in [5, 5.41) is 13.4. The van der Waals surface area contributed by atoms with Crippen LogP contribution >= 0.6 is 0 Å². The van der Waals surface area contributed by atoms with Crippen LogP contribution in [0.25, 0.3) is 0 Å². The minimum Gasteiger partial charge on any atom is -0.402 e. The Labute approximate surface area is 159 Å². The van der Waals surface area contributed by atoms with Crippen LogP contribution in [0, 0.1) is 0 Å². The number of carbonyl (C=O) groups excluding carboxylic acids is 4. The third kappa shape index (κ3) is 8.26. The van der Waals surface area contributed by atoms with Crippen LogP contribution in [0.2, 0.25) is 0 Å². The van der Waals surface area contributed by atoms with Gasteiger partial charge in [0.15, 0.2) is 0 Å². The molecule has 0 fully saturated rings. The molecule has 0 heterocycles. The average molecular weight is 375 g/mol. The van der Waals surface area contributed by atoms with Crippen molar-refractivity contribution in [2.45, 2.75) is 25.8 Å². The molecule has 4 amide bonds. The van der Waals surface area contributed by atoms with Gasteiger partial charge in [-0.05, 0) is 30.7 Å². The summed E-state index contributed by atoms with van der Waals surface area (Å²) in [5.41, 5.74) is 1.41. The monoisotopic (exact) mass is 375 g/mol. The predicted octanol–water partition coefficient (Wildman–Crippen LogP) is -1.48. The summed E-state index contributed by atoms with van der Waals surface area (Å²) in [5.74, 6) is -1.01. The number of rotatable bonds is 10. The summed E-state index contributed by atoms with van der Waals surface area (Å²) in [6.07, 6.45) is 0.346. The molecule has 0 spiro atoms. The SMILES string of the molecule is BNC(=O)c1ccc(NCCNC(=O)CC[C@H](NC(C)=O)C(=O)NC)cc1. The number of carbonyl (C=O) groups is 4. The Bertz CT molecular complexity index is 666. The standard InChI is InChI=1S/C17H26BN5O4/c1-11(24)22-14(17(27)19-2)7-8-15(25)21-10-9-20-13-5-3-12(4-6-13)16(26)23-18/h3-6,14,20H,7-10,18H2,1-2H3,(H,19,27)(H,21,25)(H,22,24)(H,23,26)/t14-/m0/s1. The van der Waals surface area contributed by atoms with Gasteiger partial charge in [-0.15, -0.1) is 0 Å². The highest BCUT2D eigenvalue weighted by atomic mass is 16.2. The number of anilines is 1. The minimum absolute atomic E-state index is 0.124. The average Bonchev–Trinajstić information content (AvgIpc) is 2.67. The predicted molar refractivity (Wildman–Crippen MR) is 105 cm³/mol. The second-order valence-electron chi connectivity index (χ2n) is 5.84. The highest BCUT2D eigenvalue weighted by molar-refractivity contribution is 6.18. The van der Waals surface area contributed by atoms with Crippen molar-refractivity contribution >= 4 is 37.3 Å². The highest BCUT2D eigenvalue weighted by Gasteiger charge is 2.19. The zero-order valence-electron chi connectivity index (χ0n) is 15.8. The van der Waals surface area contributed by atoms with E-state index in [-0.39, 0.29) is 36.5 Å². The van der Waals surface area contributed by atoms with Crippen molar-refractivity contribution in [3.8, 4) is 0 Å². The Morgan fingerprint density at radius 3 is 2.30 bits per heavy atom. The molecule has 5 N–H and O–H groups in total. The molecule has 0 aliphatic rings. The minimum atomic E-state index is -0.727. The lowest BCUT2D eigenvalue weighted by Gasteiger charge is -2.16. The van der Waals surface area contributed by atoms with Gasteiger partial charge >= 0.3 is 0 Å². The lowest BCUT2D eigenvalue weighted by Crippen LogP contribution is -2.45. The van der Waals surface area contributed by atoms with Crippen LogP contribution in [0.15, 0.2) is 24.3 Å². The van der Waals surface area contributed by atoms with Crippen molar-refractivity contribution < 1.29 is 19.2 Å². The summed E-state index contributed by atoms with van der Waals surface area (Å²) in [4.78, 5) is 46.1. The Morgan fingerprint density at radius 2 is 1.74 bits per heavy atom. The van der Waals surface area contributed by atoms with E-state index in [2.05, 4.69) is 26.5 Å². The Balaban J connectivity index is 2.31. The van der Waals surface area contributed by atoms with Crippen LogP contribution < -0.4 is 26.5 Å². The molecule has 1 aromatic rings. The summed E-state index contributed by atoms with van der Waals surface area (Å²) < 4.78 is 0. The molecule has 0 aromatic heterocycles. The fourth-order valence-corrected chi connectivity index (χ4v) is 2.34. The van der Waals surface area contributed by atoms with Gasteiger partial charge < -0.3 is 26.5 Å². The molecular formula is C17H26BN5O4. The number of nitrogens with one attached hydrogen (secondary N) is 5. The third-order valence-electron chi connectivity index (χ3n) is 3.75. The first-order valence-corrected chi connectivity index (χ1v) is 8.68. The molecule has 10 heteroatoms. The van der Waals surface area contributed by atoms with Gasteiger partial charge in [0, 0.05) is 44.7 Å². The second kappa shape index (κ2) is 11.6. The zero-order valence-corrected chi connectivity index (χ0v) is 15.8. The fourth-order valence-electron chi connectivity index (χ4n) is 2.34. The summed E-state index contributed by atoms with van der Waals surface area (Å²) in [6, 6.07) is 6.26. The maximum absolute atomic E-state index is 11.9. The van der Waals surface area contributed by atoms with E-state index in [1.54, 1.807) is 32.2 Å². The first-order valence-electron chi connectivity index (χ1n) is 8.68. The Kier molecular flexibility index (Phi) is 9.42. The van der Waals surface area contributed by atoms with E-state index in [0.717, 1.165) is 5.69 Å². The van der Waals surface area contributed by atoms with Crippen LogP contribution in [0.1, 0.15) is 30.1 Å². The number of amides is 4. The maximum Gasteiger partial charge on any atom is 0.242 e.